The molecule has 0 heterocycles. The van der Waals surface area contributed by atoms with Crippen LogP contribution in [0.3, 0.4) is 0 Å². The second-order valence-electron chi connectivity index (χ2n) is 5.85. The van der Waals surface area contributed by atoms with Gasteiger partial charge in [0.15, 0.2) is 0 Å². The maximum Gasteiger partial charge on any atom is 0.340 e. The van der Waals surface area contributed by atoms with Crippen molar-refractivity contribution in [2.45, 2.75) is 34.1 Å². The van der Waals surface area contributed by atoms with Crippen LogP contribution < -0.4 is 0 Å². The largest absolute Gasteiger partial charge is 0.340 e. The Labute approximate surface area is 125 Å². The minimum absolute atomic E-state index is 0.301. The van der Waals surface area contributed by atoms with Gasteiger partial charge in [-0.1, -0.05) is 48.5 Å². The van der Waals surface area contributed by atoms with E-state index in [4.69, 9.17) is 4.84 Å². The Morgan fingerprint density at radius 2 is 1.81 bits per heavy atom. The van der Waals surface area contributed by atoms with Crippen LogP contribution in [0.15, 0.2) is 47.6 Å². The summed E-state index contributed by atoms with van der Waals surface area (Å²) in [6.45, 7) is 7.52. The van der Waals surface area contributed by atoms with Crippen LogP contribution in [0.2, 0.25) is 0 Å². The second kappa shape index (κ2) is 6.08. The first-order valence-electron chi connectivity index (χ1n) is 7.19. The molecule has 0 N–H and O–H groups in total. The van der Waals surface area contributed by atoms with Gasteiger partial charge >= 0.3 is 5.97 Å². The molecule has 0 fully saturated rings. The lowest BCUT2D eigenvalue weighted by Crippen LogP contribution is -2.24. The number of oxime groups is 1. The summed E-state index contributed by atoms with van der Waals surface area (Å²) < 4.78 is 0. The highest BCUT2D eigenvalue weighted by Gasteiger charge is 2.27. The van der Waals surface area contributed by atoms with Crippen LogP contribution in [0, 0.1) is 5.41 Å². The van der Waals surface area contributed by atoms with Gasteiger partial charge in [0, 0.05) is 0 Å². The van der Waals surface area contributed by atoms with Gasteiger partial charge in [0.1, 0.15) is 0 Å². The molecule has 0 unspecified atom stereocenters. The summed E-state index contributed by atoms with van der Waals surface area (Å²) in [4.78, 5) is 17.0. The Bertz CT molecular complexity index is 686. The van der Waals surface area contributed by atoms with Gasteiger partial charge < -0.3 is 4.84 Å². The van der Waals surface area contributed by atoms with Gasteiger partial charge in [-0.15, -0.1) is 0 Å². The zero-order valence-electron chi connectivity index (χ0n) is 13.0. The van der Waals surface area contributed by atoms with E-state index in [0.717, 1.165) is 17.4 Å². The molecule has 0 bridgehead atoms. The Morgan fingerprint density at radius 1 is 1.14 bits per heavy atom. The molecule has 0 aliphatic carbocycles. The minimum Gasteiger partial charge on any atom is -0.317 e. The molecular formula is C18H21NO2. The SMILES string of the molecule is CCC(C)(C)C(=O)O/N=C(/C)c1ccc2ccccc2c1. The number of rotatable bonds is 4. The maximum absolute atomic E-state index is 11.9. The molecule has 3 heteroatoms. The third-order valence-electron chi connectivity index (χ3n) is 3.87. The van der Waals surface area contributed by atoms with Crippen LogP contribution in [-0.4, -0.2) is 11.7 Å². The Balaban J connectivity index is 2.19. The van der Waals surface area contributed by atoms with Crippen molar-refractivity contribution in [2.75, 3.05) is 0 Å². The monoisotopic (exact) mass is 283 g/mol. The van der Waals surface area contributed by atoms with Gasteiger partial charge in [-0.2, -0.15) is 0 Å². The molecule has 0 aromatic heterocycles. The van der Waals surface area contributed by atoms with Crippen molar-refractivity contribution in [1.82, 2.24) is 0 Å². The van der Waals surface area contributed by atoms with E-state index in [0.29, 0.717) is 5.71 Å². The third-order valence-corrected chi connectivity index (χ3v) is 3.87. The smallest absolute Gasteiger partial charge is 0.317 e. The summed E-state index contributed by atoms with van der Waals surface area (Å²) in [7, 11) is 0. The van der Waals surface area contributed by atoms with Crippen molar-refractivity contribution in [3.63, 3.8) is 0 Å². The van der Waals surface area contributed by atoms with Crippen LogP contribution in [0.4, 0.5) is 0 Å². The molecule has 0 saturated heterocycles. The lowest BCUT2D eigenvalue weighted by atomic mass is 9.91. The van der Waals surface area contributed by atoms with Crippen LogP contribution in [-0.2, 0) is 9.63 Å². The molecule has 110 valence electrons. The highest BCUT2D eigenvalue weighted by molar-refractivity contribution is 6.02. The van der Waals surface area contributed by atoms with Crippen LogP contribution >= 0.6 is 0 Å². The van der Waals surface area contributed by atoms with Crippen LogP contribution in [0.1, 0.15) is 39.7 Å². The Hall–Kier alpha value is -2.16. The van der Waals surface area contributed by atoms with Crippen LogP contribution in [0.25, 0.3) is 10.8 Å². The van der Waals surface area contributed by atoms with E-state index < -0.39 is 5.41 Å². The van der Waals surface area contributed by atoms with E-state index in [2.05, 4.69) is 17.3 Å². The maximum atomic E-state index is 11.9. The highest BCUT2D eigenvalue weighted by atomic mass is 16.7. The number of fused-ring (bicyclic) bond motifs is 1. The number of nitrogens with zero attached hydrogens (tertiary/aromatic N) is 1. The van der Waals surface area contributed by atoms with Gasteiger partial charge in [0.05, 0.1) is 11.1 Å². The Morgan fingerprint density at radius 3 is 2.48 bits per heavy atom. The predicted molar refractivity (Wildman–Crippen MR) is 86.3 cm³/mol. The number of carbonyl (C=O) groups excluding carboxylic acids is 1. The summed E-state index contributed by atoms with van der Waals surface area (Å²) in [5.41, 5.74) is 1.14. The van der Waals surface area contributed by atoms with Gasteiger partial charge in [-0.3, -0.25) is 0 Å². The molecular weight excluding hydrogens is 262 g/mol. The highest BCUT2D eigenvalue weighted by Crippen LogP contribution is 2.22. The topological polar surface area (TPSA) is 38.7 Å². The molecule has 2 aromatic carbocycles. The summed E-state index contributed by atoms with van der Waals surface area (Å²) >= 11 is 0. The van der Waals surface area contributed by atoms with Crippen molar-refractivity contribution in [1.29, 1.82) is 0 Å². The molecule has 21 heavy (non-hydrogen) atoms. The zero-order valence-corrected chi connectivity index (χ0v) is 13.0. The molecule has 0 aliphatic rings. The Kier molecular flexibility index (Phi) is 4.41. The number of hydrogen-bond acceptors (Lipinski definition) is 3. The average molecular weight is 283 g/mol. The lowest BCUT2D eigenvalue weighted by Gasteiger charge is -2.17. The van der Waals surface area contributed by atoms with Crippen LogP contribution in [0.5, 0.6) is 0 Å². The van der Waals surface area contributed by atoms with Crippen molar-refractivity contribution >= 4 is 22.5 Å². The summed E-state index contributed by atoms with van der Waals surface area (Å²) in [6, 6.07) is 14.2. The van der Waals surface area contributed by atoms with E-state index in [1.165, 1.54) is 5.39 Å². The van der Waals surface area contributed by atoms with E-state index in [1.807, 2.05) is 58.0 Å². The fourth-order valence-electron chi connectivity index (χ4n) is 1.84. The first-order chi connectivity index (χ1) is 9.94. The quantitative estimate of drug-likeness (QED) is 0.469. The van der Waals surface area contributed by atoms with Gasteiger partial charge in [0.25, 0.3) is 0 Å². The summed E-state index contributed by atoms with van der Waals surface area (Å²) in [5.74, 6) is -0.301. The molecule has 2 rings (SSSR count). The first-order valence-corrected chi connectivity index (χ1v) is 7.19. The standard InChI is InChI=1S/C18H21NO2/c1-5-18(3,4)17(20)21-19-13(2)15-11-10-14-8-6-7-9-16(14)12-15/h6-12H,5H2,1-4H3/b19-13-. The molecule has 0 spiro atoms. The number of hydrogen-bond donors (Lipinski definition) is 0. The fraction of sp³-hybridized carbons (Fsp3) is 0.333. The third kappa shape index (κ3) is 3.48. The lowest BCUT2D eigenvalue weighted by molar-refractivity contribution is -0.154. The van der Waals surface area contributed by atoms with Crippen molar-refractivity contribution in [3.05, 3.63) is 48.0 Å². The van der Waals surface area contributed by atoms with E-state index >= 15 is 0 Å². The molecule has 0 aliphatic heterocycles. The second-order valence-corrected chi connectivity index (χ2v) is 5.85. The minimum atomic E-state index is -0.507. The van der Waals surface area contributed by atoms with Gasteiger partial charge in [-0.25, -0.2) is 4.79 Å². The summed E-state index contributed by atoms with van der Waals surface area (Å²) in [6.07, 6.45) is 0.719. The van der Waals surface area contributed by atoms with Gasteiger partial charge in [0.2, 0.25) is 0 Å². The first kappa shape index (κ1) is 15.2. The molecule has 0 atom stereocenters. The molecule has 3 nitrogen and oxygen atoms in total. The van der Waals surface area contributed by atoms with Crippen molar-refractivity contribution < 1.29 is 9.63 Å². The predicted octanol–water partition coefficient (Wildman–Crippen LogP) is 4.54. The van der Waals surface area contributed by atoms with Crippen molar-refractivity contribution in [2.24, 2.45) is 10.6 Å². The number of benzene rings is 2. The van der Waals surface area contributed by atoms with E-state index in [9.17, 15) is 4.79 Å². The van der Waals surface area contributed by atoms with E-state index in [-0.39, 0.29) is 5.97 Å². The van der Waals surface area contributed by atoms with E-state index in [1.54, 1.807) is 0 Å². The van der Waals surface area contributed by atoms with Crippen molar-refractivity contribution in [3.8, 4) is 0 Å². The number of carbonyl (C=O) groups is 1. The normalized spacial score (nSPS) is 12.5. The zero-order chi connectivity index (χ0) is 15.5. The molecule has 0 amide bonds. The fourth-order valence-corrected chi connectivity index (χ4v) is 1.84. The molecule has 0 saturated carbocycles. The molecule has 0 radical (unpaired) electrons. The average Bonchev–Trinajstić information content (AvgIpc) is 2.51. The summed E-state index contributed by atoms with van der Waals surface area (Å²) in [5, 5.41) is 6.30. The van der Waals surface area contributed by atoms with Gasteiger partial charge in [-0.05, 0) is 49.6 Å². The molecule has 2 aromatic rings.